The van der Waals surface area contributed by atoms with Gasteiger partial charge >= 0.3 is 143 Å². The number of thiophene rings is 2. The van der Waals surface area contributed by atoms with E-state index in [4.69, 9.17) is 5.73 Å². The van der Waals surface area contributed by atoms with E-state index in [2.05, 4.69) is 35.6 Å². The second-order valence-electron chi connectivity index (χ2n) is 17.2. The molecule has 71 heavy (non-hydrogen) atoms. The zero-order valence-corrected chi connectivity index (χ0v) is 44.4. The van der Waals surface area contributed by atoms with Crippen molar-refractivity contribution in [3.05, 3.63) is 140 Å². The van der Waals surface area contributed by atoms with Crippen LogP contribution in [0.1, 0.15) is 66.6 Å². The van der Waals surface area contributed by atoms with Gasteiger partial charge in [0.05, 0.1) is 14.7 Å². The van der Waals surface area contributed by atoms with Crippen LogP contribution in [0.2, 0.25) is 6.82 Å². The van der Waals surface area contributed by atoms with E-state index < -0.39 is 39.2 Å². The van der Waals surface area contributed by atoms with E-state index in [0.717, 1.165) is 32.0 Å². The van der Waals surface area contributed by atoms with Crippen molar-refractivity contribution in [2.45, 2.75) is 84.1 Å². The van der Waals surface area contributed by atoms with Crippen molar-refractivity contribution < 1.29 is 36.2 Å². The third kappa shape index (κ3) is 16.0. The Morgan fingerprint density at radius 2 is 1.10 bits per heavy atom. The fourth-order valence-electron chi connectivity index (χ4n) is 7.83. The number of nitrogens with two attached hydrogens (primary N) is 1. The van der Waals surface area contributed by atoms with Gasteiger partial charge in [-0.3, -0.25) is 4.79 Å². The molecule has 22 heteroatoms. The van der Waals surface area contributed by atoms with E-state index in [9.17, 15) is 36.2 Å². The van der Waals surface area contributed by atoms with Crippen LogP contribution >= 0.6 is 22.7 Å². The van der Waals surface area contributed by atoms with Gasteiger partial charge in [0, 0.05) is 35.7 Å². The number of nitrogen functional groups attached to an aromatic ring is 1. The van der Waals surface area contributed by atoms with Gasteiger partial charge in [0.2, 0.25) is 20.0 Å². The summed E-state index contributed by atoms with van der Waals surface area (Å²) >= 11 is 2.67. The molecule has 6 rings (SSSR count). The molecule has 0 aliphatic heterocycles. The maximum atomic E-state index is 13.0. The van der Waals surface area contributed by atoms with Crippen molar-refractivity contribution in [2.24, 2.45) is 4.90 Å². The molecule has 0 aliphatic carbocycles. The van der Waals surface area contributed by atoms with Gasteiger partial charge in [-0.2, -0.15) is 0 Å². The maximum absolute atomic E-state index is 13.0. The SMILES string of the molecule is CB(O)N=C(NCB=O)Nc1cccc(-c2ccc(C(=O)NCC(C)NS(=O)(=O)c3c(C)cc(C)cc3C)s2)c1.Cc1cc(C)c(S(=O)(=O)N[C@H](C)CNC(=O)c2ccc(-c3cccc(N)c3)s2)c(C)c1. The number of anilines is 2. The molecule has 6 aromatic rings. The van der Waals surface area contributed by atoms with Gasteiger partial charge in [-0.25, -0.2) is 26.3 Å². The monoisotopic (exact) mass is 1040 g/mol. The summed E-state index contributed by atoms with van der Waals surface area (Å²) in [6.07, 6.45) is 0.0347. The van der Waals surface area contributed by atoms with E-state index >= 15 is 0 Å². The molecule has 4 aromatic carbocycles. The van der Waals surface area contributed by atoms with E-state index in [1.807, 2.05) is 98.8 Å². The van der Waals surface area contributed by atoms with Crippen molar-refractivity contribution in [2.75, 3.05) is 30.6 Å². The minimum atomic E-state index is -3.76. The van der Waals surface area contributed by atoms with Crippen molar-refractivity contribution in [1.82, 2.24) is 25.4 Å². The van der Waals surface area contributed by atoms with Crippen molar-refractivity contribution in [1.29, 1.82) is 0 Å². The van der Waals surface area contributed by atoms with E-state index in [1.165, 1.54) is 29.5 Å². The first-order valence-corrected chi connectivity index (χ1v) is 27.2. The molecule has 2 heterocycles. The number of carbonyl (C=O) groups is 2. The van der Waals surface area contributed by atoms with E-state index in [-0.39, 0.29) is 42.2 Å². The van der Waals surface area contributed by atoms with Crippen LogP contribution in [0.3, 0.4) is 0 Å². The van der Waals surface area contributed by atoms with E-state index in [0.29, 0.717) is 55.4 Å². The van der Waals surface area contributed by atoms with Crippen LogP contribution in [0.15, 0.2) is 112 Å². The number of amides is 2. The first-order valence-electron chi connectivity index (χ1n) is 22.6. The van der Waals surface area contributed by atoms with Crippen LogP contribution in [0.25, 0.3) is 20.9 Å². The predicted molar refractivity (Wildman–Crippen MR) is 289 cm³/mol. The molecular formula is C49H60B2N8O8S4. The van der Waals surface area contributed by atoms with Crippen LogP contribution < -0.4 is 36.4 Å². The molecule has 0 spiro atoms. The fourth-order valence-corrected chi connectivity index (χ4v) is 13.1. The summed E-state index contributed by atoms with van der Waals surface area (Å²) in [5.74, 6) is -0.291. The summed E-state index contributed by atoms with van der Waals surface area (Å²) < 4.78 is 67.8. The van der Waals surface area contributed by atoms with Crippen LogP contribution in [-0.2, 0) is 24.8 Å². The Bertz CT molecular complexity index is 3100. The number of nitrogens with zero attached hydrogens (tertiary/aromatic N) is 1. The Kier molecular flexibility index (Phi) is 19.6. The average Bonchev–Trinajstić information content (AvgIpc) is 3.98. The van der Waals surface area contributed by atoms with Gasteiger partial charge in [-0.15, -0.1) is 11.3 Å². The van der Waals surface area contributed by atoms with Crippen molar-refractivity contribution in [3.8, 4) is 20.9 Å². The van der Waals surface area contributed by atoms with Crippen LogP contribution in [0.4, 0.5) is 11.4 Å². The fraction of sp³-hybridized carbons (Fsp3) is 0.286. The normalized spacial score (nSPS) is 12.5. The van der Waals surface area contributed by atoms with Crippen molar-refractivity contribution >= 4 is 86.1 Å². The first-order chi connectivity index (χ1) is 33.5. The first kappa shape index (κ1) is 55.9. The molecular weight excluding hydrogens is 978 g/mol. The summed E-state index contributed by atoms with van der Waals surface area (Å²) in [6.45, 7) is 16.2. The molecule has 0 radical (unpaired) electrons. The summed E-state index contributed by atoms with van der Waals surface area (Å²) in [5.41, 5.74) is 13.7. The Labute approximate surface area is 425 Å². The second-order valence-corrected chi connectivity index (χ2v) is 22.7. The number of hydrogen-bond acceptors (Lipinski definition) is 12. The van der Waals surface area contributed by atoms with Gasteiger partial charge in [0.1, 0.15) is 0 Å². The van der Waals surface area contributed by atoms with Crippen LogP contribution in [-0.4, -0.2) is 85.5 Å². The largest absolute Gasteiger partial charge is 0.399 e. The van der Waals surface area contributed by atoms with Gasteiger partial charge < -0.3 is 11.1 Å². The molecule has 0 aliphatic rings. The number of aryl methyl sites for hydroxylation is 6. The zero-order chi connectivity index (χ0) is 52.2. The Hall–Kier alpha value is -6.00. The third-order valence-electron chi connectivity index (χ3n) is 10.5. The zero-order valence-electron chi connectivity index (χ0n) is 41.1. The van der Waals surface area contributed by atoms with Gasteiger partial charge in [0.15, 0.2) is 0 Å². The summed E-state index contributed by atoms with van der Waals surface area (Å²) in [4.78, 5) is 32.8. The number of nitrogens with one attached hydrogen (secondary N) is 6. The number of rotatable bonds is 18. The minimum Gasteiger partial charge on any atom is -0.399 e. The molecule has 0 saturated carbocycles. The van der Waals surface area contributed by atoms with Crippen LogP contribution in [0.5, 0.6) is 0 Å². The summed E-state index contributed by atoms with van der Waals surface area (Å²) in [7, 11) is -7.72. The third-order valence-corrected chi connectivity index (χ3v) is 16.6. The summed E-state index contributed by atoms with van der Waals surface area (Å²) in [6, 6.07) is 28.5. The molecule has 0 bridgehead atoms. The Morgan fingerprint density at radius 1 is 0.662 bits per heavy atom. The molecule has 1 unspecified atom stereocenters. The molecule has 2 amide bonds. The quantitative estimate of drug-likeness (QED) is 0.0190. The molecule has 0 fully saturated rings. The molecule has 9 N–H and O–H groups in total. The molecule has 2 aromatic heterocycles. The molecule has 2 atom stereocenters. The van der Waals surface area contributed by atoms with Gasteiger partial charge in [0.25, 0.3) is 5.91 Å². The smallest absolute Gasteiger partial charge is 0.261 e. The predicted octanol–water partition coefficient (Wildman–Crippen LogP) is 6.93. The van der Waals surface area contributed by atoms with Gasteiger partial charge in [-0.1, -0.05) is 47.5 Å². The number of carbonyl (C=O) groups excluding carboxylic acids is 2. The molecule has 0 saturated heterocycles. The maximum Gasteiger partial charge on any atom is 0.261 e. The van der Waals surface area contributed by atoms with Gasteiger partial charge in [-0.05, 0) is 107 Å². The standard InChI is InChI=1S/C26H33B2N5O5S2.C23H27N3O3S2/c1-16-11-17(2)24(18(3)12-16)40(37,38)33-19(4)14-29-25(34)23-10-9-22(39-23)20-7-6-8-21(13-20)31-26(30-15-27-35)32-28(5)36;1-14-10-15(2)22(16(3)11-14)31(28,29)26-17(4)13-25-23(27)21-9-8-20(30-21)18-6-5-7-19(24)12-18/h6-13,19,33,36H,14-15H2,1-5H3,(H,29,34)(H2,30,31,32);5-12,17,26H,13,24H2,1-4H3,(H,25,27)/t;17-/m.1/s1. The number of sulfonamides is 2. The Morgan fingerprint density at radius 3 is 1.52 bits per heavy atom. The number of guanidine groups is 1. The molecule has 16 nitrogen and oxygen atoms in total. The topological polar surface area (TPSA) is 250 Å². The van der Waals surface area contributed by atoms with Crippen molar-refractivity contribution in [3.63, 3.8) is 0 Å². The van der Waals surface area contributed by atoms with Crippen LogP contribution in [0, 0.1) is 41.5 Å². The number of benzene rings is 4. The second kappa shape index (κ2) is 24.9. The Balaban J connectivity index is 0.000000272. The average molecular weight is 1040 g/mol. The number of hydrogen-bond donors (Lipinski definition) is 8. The summed E-state index contributed by atoms with van der Waals surface area (Å²) in [5, 5.41) is 21.0. The minimum absolute atomic E-state index is 0.0347. The van der Waals surface area contributed by atoms with E-state index in [1.54, 1.807) is 53.7 Å². The molecule has 374 valence electrons.